The van der Waals surface area contributed by atoms with E-state index in [2.05, 4.69) is 11.5 Å². The van der Waals surface area contributed by atoms with E-state index in [1.165, 1.54) is 0 Å². The molecule has 2 heteroatoms. The average Bonchev–Trinajstić information content (AvgIpc) is 2.07. The van der Waals surface area contributed by atoms with Crippen molar-refractivity contribution in [1.29, 1.82) is 0 Å². The summed E-state index contributed by atoms with van der Waals surface area (Å²) in [6.45, 7) is 3.74. The highest BCUT2D eigenvalue weighted by Crippen LogP contribution is 2.10. The van der Waals surface area contributed by atoms with Crippen molar-refractivity contribution in [2.24, 2.45) is 0 Å². The molecule has 0 saturated carbocycles. The molecule has 0 bridgehead atoms. The lowest BCUT2D eigenvalue weighted by molar-refractivity contribution is -0.685. The highest BCUT2D eigenvalue weighted by molar-refractivity contribution is 5.63. The highest BCUT2D eigenvalue weighted by atomic mass is 17.1. The molecule has 0 unspecified atom stereocenters. The Morgan fingerprint density at radius 2 is 2.00 bits per heavy atom. The Balaban J connectivity index is 2.69. The molecule has 0 amide bonds. The van der Waals surface area contributed by atoms with E-state index in [1.54, 1.807) is 0 Å². The minimum atomic E-state index is 0.0456. The first-order valence-corrected chi connectivity index (χ1v) is 3.32. The summed E-state index contributed by atoms with van der Waals surface area (Å²) in [6.07, 6.45) is 0. The average molecular weight is 149 g/mol. The van der Waals surface area contributed by atoms with Gasteiger partial charge in [-0.1, -0.05) is 36.9 Å². The van der Waals surface area contributed by atoms with Crippen LogP contribution in [0.25, 0.3) is 5.57 Å². The van der Waals surface area contributed by atoms with E-state index < -0.39 is 0 Å². The van der Waals surface area contributed by atoms with Crippen molar-refractivity contribution in [3.05, 3.63) is 42.5 Å². The second-order valence-electron chi connectivity index (χ2n) is 2.23. The second kappa shape index (κ2) is 3.91. The molecule has 0 aromatic heterocycles. The Bertz CT molecular complexity index is 229. The Hall–Kier alpha value is -1.12. The fourth-order valence-corrected chi connectivity index (χ4v) is 0.828. The van der Waals surface area contributed by atoms with E-state index in [0.29, 0.717) is 5.57 Å². The molecule has 0 spiro atoms. The minimum Gasteiger partial charge on any atom is -0.723 e. The van der Waals surface area contributed by atoms with Gasteiger partial charge in [0.05, 0.1) is 6.61 Å². The van der Waals surface area contributed by atoms with Gasteiger partial charge in [0.2, 0.25) is 0 Å². The van der Waals surface area contributed by atoms with Crippen LogP contribution in [0.5, 0.6) is 0 Å². The number of hydrogen-bond donors (Lipinski definition) is 0. The summed E-state index contributed by atoms with van der Waals surface area (Å²) in [7, 11) is 0. The van der Waals surface area contributed by atoms with Crippen LogP contribution in [0.15, 0.2) is 36.9 Å². The molecule has 0 saturated heterocycles. The van der Waals surface area contributed by atoms with Gasteiger partial charge in [0.15, 0.2) is 0 Å². The molecular formula is C9H9O2-. The summed E-state index contributed by atoms with van der Waals surface area (Å²) in [4.78, 5) is 3.71. The molecule has 0 aliphatic rings. The molecule has 58 valence electrons. The van der Waals surface area contributed by atoms with Crippen molar-refractivity contribution in [3.63, 3.8) is 0 Å². The van der Waals surface area contributed by atoms with Gasteiger partial charge in [-0.25, -0.2) is 0 Å². The van der Waals surface area contributed by atoms with Gasteiger partial charge >= 0.3 is 0 Å². The first-order valence-electron chi connectivity index (χ1n) is 3.32. The third-order valence-electron chi connectivity index (χ3n) is 1.42. The zero-order valence-electron chi connectivity index (χ0n) is 6.12. The van der Waals surface area contributed by atoms with Gasteiger partial charge in [-0.3, -0.25) is 0 Å². The van der Waals surface area contributed by atoms with Crippen LogP contribution in [0, 0.1) is 0 Å². The largest absolute Gasteiger partial charge is 0.723 e. The lowest BCUT2D eigenvalue weighted by Crippen LogP contribution is -2.07. The fourth-order valence-electron chi connectivity index (χ4n) is 0.828. The monoisotopic (exact) mass is 149 g/mol. The molecule has 0 heterocycles. The van der Waals surface area contributed by atoms with Crippen molar-refractivity contribution in [1.82, 2.24) is 0 Å². The van der Waals surface area contributed by atoms with Crippen molar-refractivity contribution >= 4 is 5.57 Å². The normalized spacial score (nSPS) is 9.55. The molecular weight excluding hydrogens is 140 g/mol. The summed E-state index contributed by atoms with van der Waals surface area (Å²) < 4.78 is 0. The SMILES string of the molecule is C=C(CO[O-])c1ccccc1. The van der Waals surface area contributed by atoms with Crippen LogP contribution in [-0.4, -0.2) is 6.61 Å². The maximum atomic E-state index is 9.75. The first-order chi connectivity index (χ1) is 5.34. The summed E-state index contributed by atoms with van der Waals surface area (Å²) in [5.41, 5.74) is 1.66. The molecule has 0 atom stereocenters. The van der Waals surface area contributed by atoms with Crippen LogP contribution in [0.1, 0.15) is 5.56 Å². The van der Waals surface area contributed by atoms with Gasteiger partial charge in [-0.05, 0) is 11.1 Å². The van der Waals surface area contributed by atoms with Crippen LogP contribution >= 0.6 is 0 Å². The molecule has 0 aliphatic carbocycles. The molecule has 0 N–H and O–H groups in total. The van der Waals surface area contributed by atoms with Crippen molar-refractivity contribution < 1.29 is 10.1 Å². The van der Waals surface area contributed by atoms with E-state index >= 15 is 0 Å². The van der Waals surface area contributed by atoms with Crippen molar-refractivity contribution in [2.45, 2.75) is 0 Å². The zero-order chi connectivity index (χ0) is 8.10. The summed E-state index contributed by atoms with van der Waals surface area (Å²) in [5, 5.41) is 9.75. The third kappa shape index (κ3) is 2.18. The number of benzene rings is 1. The van der Waals surface area contributed by atoms with Crippen molar-refractivity contribution in [2.75, 3.05) is 6.61 Å². The van der Waals surface area contributed by atoms with Crippen LogP contribution < -0.4 is 5.26 Å². The minimum absolute atomic E-state index is 0.0456. The van der Waals surface area contributed by atoms with Crippen LogP contribution in [-0.2, 0) is 4.89 Å². The Labute approximate surface area is 65.7 Å². The quantitative estimate of drug-likeness (QED) is 0.474. The van der Waals surface area contributed by atoms with Crippen LogP contribution in [0.3, 0.4) is 0 Å². The standard InChI is InChI=1S/C9H10O2/c1-8(7-11-10)9-5-3-2-4-6-9/h2-6,10H,1,7H2/p-1. The van der Waals surface area contributed by atoms with E-state index in [9.17, 15) is 5.26 Å². The van der Waals surface area contributed by atoms with E-state index in [1.807, 2.05) is 30.3 Å². The lowest BCUT2D eigenvalue weighted by Gasteiger charge is -2.08. The second-order valence-corrected chi connectivity index (χ2v) is 2.23. The predicted octanol–water partition coefficient (Wildman–Crippen LogP) is 0.992. The molecule has 1 aromatic carbocycles. The Morgan fingerprint density at radius 1 is 1.36 bits per heavy atom. The third-order valence-corrected chi connectivity index (χ3v) is 1.42. The predicted molar refractivity (Wildman–Crippen MR) is 41.4 cm³/mol. The maximum absolute atomic E-state index is 9.75. The topological polar surface area (TPSA) is 32.3 Å². The van der Waals surface area contributed by atoms with E-state index in [-0.39, 0.29) is 6.61 Å². The van der Waals surface area contributed by atoms with Gasteiger partial charge < -0.3 is 10.1 Å². The lowest BCUT2D eigenvalue weighted by atomic mass is 10.1. The molecule has 11 heavy (non-hydrogen) atoms. The molecule has 0 aliphatic heterocycles. The van der Waals surface area contributed by atoms with Gasteiger partial charge in [0.1, 0.15) is 0 Å². The molecule has 0 fully saturated rings. The fraction of sp³-hybridized carbons (Fsp3) is 0.111. The zero-order valence-corrected chi connectivity index (χ0v) is 6.12. The maximum Gasteiger partial charge on any atom is 0.0592 e. The van der Waals surface area contributed by atoms with E-state index in [4.69, 9.17) is 0 Å². The van der Waals surface area contributed by atoms with Gasteiger partial charge in [-0.2, -0.15) is 0 Å². The molecule has 2 nitrogen and oxygen atoms in total. The summed E-state index contributed by atoms with van der Waals surface area (Å²) in [6, 6.07) is 9.48. The van der Waals surface area contributed by atoms with Crippen LogP contribution in [0.4, 0.5) is 0 Å². The molecule has 1 rings (SSSR count). The number of rotatable bonds is 3. The first kappa shape index (κ1) is 7.98. The Kier molecular flexibility index (Phi) is 2.83. The van der Waals surface area contributed by atoms with Crippen LogP contribution in [0.2, 0.25) is 0 Å². The number of hydrogen-bond acceptors (Lipinski definition) is 2. The highest BCUT2D eigenvalue weighted by Gasteiger charge is 1.93. The van der Waals surface area contributed by atoms with Gasteiger partial charge in [-0.15, -0.1) is 0 Å². The summed E-state index contributed by atoms with van der Waals surface area (Å²) in [5.74, 6) is 0. The smallest absolute Gasteiger partial charge is 0.0592 e. The van der Waals surface area contributed by atoms with Gasteiger partial charge in [0.25, 0.3) is 0 Å². The molecule has 0 radical (unpaired) electrons. The van der Waals surface area contributed by atoms with Crippen molar-refractivity contribution in [3.8, 4) is 0 Å². The van der Waals surface area contributed by atoms with E-state index in [0.717, 1.165) is 5.56 Å². The van der Waals surface area contributed by atoms with Gasteiger partial charge in [0, 0.05) is 0 Å². The summed E-state index contributed by atoms with van der Waals surface area (Å²) >= 11 is 0. The Morgan fingerprint density at radius 3 is 2.55 bits per heavy atom. The molecule has 1 aromatic rings.